The SMILES string of the molecule is COC(C)(C)CNC(=O)N[C@@H](CC(C)C)C(=O)O. The van der Waals surface area contributed by atoms with E-state index in [9.17, 15) is 9.59 Å². The summed E-state index contributed by atoms with van der Waals surface area (Å²) in [6.45, 7) is 7.78. The molecule has 0 aliphatic rings. The van der Waals surface area contributed by atoms with Crippen LogP contribution >= 0.6 is 0 Å². The van der Waals surface area contributed by atoms with Crippen molar-refractivity contribution in [3.63, 3.8) is 0 Å². The Morgan fingerprint density at radius 2 is 1.89 bits per heavy atom. The highest BCUT2D eigenvalue weighted by molar-refractivity contribution is 5.82. The number of carboxylic acid groups (broad SMARTS) is 1. The molecule has 0 spiro atoms. The zero-order valence-electron chi connectivity index (χ0n) is 11.7. The van der Waals surface area contributed by atoms with Crippen LogP contribution in [0.15, 0.2) is 0 Å². The van der Waals surface area contributed by atoms with Crippen LogP contribution in [0.25, 0.3) is 0 Å². The van der Waals surface area contributed by atoms with Gasteiger partial charge in [0.15, 0.2) is 0 Å². The molecule has 0 aromatic rings. The summed E-state index contributed by atoms with van der Waals surface area (Å²) < 4.78 is 5.15. The van der Waals surface area contributed by atoms with Gasteiger partial charge in [-0.25, -0.2) is 9.59 Å². The monoisotopic (exact) mass is 260 g/mol. The lowest BCUT2D eigenvalue weighted by atomic mass is 10.0. The van der Waals surface area contributed by atoms with E-state index in [1.807, 2.05) is 27.7 Å². The Labute approximate surface area is 108 Å². The topological polar surface area (TPSA) is 87.7 Å². The van der Waals surface area contributed by atoms with Gasteiger partial charge in [-0.1, -0.05) is 13.8 Å². The molecule has 0 aliphatic heterocycles. The maximum atomic E-state index is 11.6. The van der Waals surface area contributed by atoms with E-state index in [1.165, 1.54) is 0 Å². The fourth-order valence-corrected chi connectivity index (χ4v) is 1.27. The van der Waals surface area contributed by atoms with E-state index in [2.05, 4.69) is 10.6 Å². The summed E-state index contributed by atoms with van der Waals surface area (Å²) in [5.74, 6) is -0.827. The number of carbonyl (C=O) groups excluding carboxylic acids is 1. The Balaban J connectivity index is 4.23. The van der Waals surface area contributed by atoms with E-state index in [-0.39, 0.29) is 5.92 Å². The average molecular weight is 260 g/mol. The standard InChI is InChI=1S/C12H24N2O4/c1-8(2)6-9(10(15)16)14-11(17)13-7-12(3,4)18-5/h8-9H,6-7H2,1-5H3,(H,15,16)(H2,13,14,17)/t9-/m0/s1. The number of ether oxygens (including phenoxy) is 1. The van der Waals surface area contributed by atoms with E-state index in [0.29, 0.717) is 13.0 Å². The summed E-state index contributed by atoms with van der Waals surface area (Å²) in [5, 5.41) is 14.0. The molecule has 106 valence electrons. The predicted octanol–water partition coefficient (Wildman–Crippen LogP) is 1.21. The second-order valence-electron chi connectivity index (χ2n) is 5.31. The third kappa shape index (κ3) is 7.11. The van der Waals surface area contributed by atoms with Crippen LogP contribution in [0.2, 0.25) is 0 Å². The number of hydrogen-bond donors (Lipinski definition) is 3. The van der Waals surface area contributed by atoms with Gasteiger partial charge in [0.1, 0.15) is 6.04 Å². The molecule has 3 N–H and O–H groups in total. The highest BCUT2D eigenvalue weighted by Gasteiger charge is 2.22. The van der Waals surface area contributed by atoms with Crippen molar-refractivity contribution in [1.29, 1.82) is 0 Å². The number of methoxy groups -OCH3 is 1. The van der Waals surface area contributed by atoms with E-state index >= 15 is 0 Å². The Morgan fingerprint density at radius 3 is 2.28 bits per heavy atom. The summed E-state index contributed by atoms with van der Waals surface area (Å²) in [7, 11) is 1.55. The molecule has 0 radical (unpaired) electrons. The maximum Gasteiger partial charge on any atom is 0.326 e. The van der Waals surface area contributed by atoms with Crippen LogP contribution in [0.4, 0.5) is 4.79 Å². The van der Waals surface area contributed by atoms with Gasteiger partial charge in [-0.2, -0.15) is 0 Å². The van der Waals surface area contributed by atoms with Gasteiger partial charge in [0.2, 0.25) is 0 Å². The minimum atomic E-state index is -1.02. The second kappa shape index (κ2) is 7.20. The fourth-order valence-electron chi connectivity index (χ4n) is 1.27. The number of nitrogens with one attached hydrogen (secondary N) is 2. The third-order valence-electron chi connectivity index (χ3n) is 2.54. The quantitative estimate of drug-likeness (QED) is 0.642. The van der Waals surface area contributed by atoms with Gasteiger partial charge in [0.05, 0.1) is 5.60 Å². The number of hydrogen-bond acceptors (Lipinski definition) is 3. The lowest BCUT2D eigenvalue weighted by molar-refractivity contribution is -0.139. The van der Waals surface area contributed by atoms with Crippen molar-refractivity contribution in [2.24, 2.45) is 5.92 Å². The largest absolute Gasteiger partial charge is 0.480 e. The molecule has 0 bridgehead atoms. The van der Waals surface area contributed by atoms with Crippen LogP contribution in [0, 0.1) is 5.92 Å². The summed E-state index contributed by atoms with van der Waals surface area (Å²) >= 11 is 0. The minimum absolute atomic E-state index is 0.196. The van der Waals surface area contributed by atoms with Crippen LogP contribution < -0.4 is 10.6 Å². The van der Waals surface area contributed by atoms with Crippen molar-refractivity contribution in [2.75, 3.05) is 13.7 Å². The van der Waals surface area contributed by atoms with Gasteiger partial charge in [-0.3, -0.25) is 0 Å². The highest BCUT2D eigenvalue weighted by Crippen LogP contribution is 2.06. The molecule has 0 heterocycles. The summed E-state index contributed by atoms with van der Waals surface area (Å²) in [6, 6.07) is -1.36. The van der Waals surface area contributed by atoms with Gasteiger partial charge in [-0.15, -0.1) is 0 Å². The molecule has 0 aromatic carbocycles. The maximum absolute atomic E-state index is 11.6. The molecule has 2 amide bonds. The van der Waals surface area contributed by atoms with Gasteiger partial charge >= 0.3 is 12.0 Å². The molecule has 6 nitrogen and oxygen atoms in total. The van der Waals surface area contributed by atoms with E-state index in [0.717, 1.165) is 0 Å². The first-order chi connectivity index (χ1) is 8.18. The molecule has 1 atom stereocenters. The smallest absolute Gasteiger partial charge is 0.326 e. The molecule has 0 fully saturated rings. The fraction of sp³-hybridized carbons (Fsp3) is 0.833. The lowest BCUT2D eigenvalue weighted by Gasteiger charge is -2.24. The Bertz CT molecular complexity index is 290. The average Bonchev–Trinajstić information content (AvgIpc) is 2.25. The van der Waals surface area contributed by atoms with Crippen molar-refractivity contribution in [2.45, 2.75) is 45.8 Å². The van der Waals surface area contributed by atoms with Crippen LogP contribution in [0.1, 0.15) is 34.1 Å². The molecule has 0 saturated heterocycles. The number of carboxylic acids is 1. The minimum Gasteiger partial charge on any atom is -0.480 e. The molecule has 18 heavy (non-hydrogen) atoms. The van der Waals surface area contributed by atoms with Gasteiger partial charge < -0.3 is 20.5 Å². The molecular weight excluding hydrogens is 236 g/mol. The molecule has 0 saturated carbocycles. The second-order valence-corrected chi connectivity index (χ2v) is 5.31. The number of rotatable bonds is 7. The predicted molar refractivity (Wildman–Crippen MR) is 68.5 cm³/mol. The Hall–Kier alpha value is -1.30. The highest BCUT2D eigenvalue weighted by atomic mass is 16.5. The zero-order valence-corrected chi connectivity index (χ0v) is 11.7. The normalized spacial score (nSPS) is 13.2. The van der Waals surface area contributed by atoms with E-state index < -0.39 is 23.6 Å². The van der Waals surface area contributed by atoms with E-state index in [4.69, 9.17) is 9.84 Å². The zero-order chi connectivity index (χ0) is 14.3. The van der Waals surface area contributed by atoms with Crippen LogP contribution in [-0.4, -0.2) is 42.4 Å². The van der Waals surface area contributed by atoms with Crippen molar-refractivity contribution in [1.82, 2.24) is 10.6 Å². The first-order valence-electron chi connectivity index (χ1n) is 6.00. The first kappa shape index (κ1) is 16.7. The summed E-state index contributed by atoms with van der Waals surface area (Å²) in [5.41, 5.74) is -0.478. The van der Waals surface area contributed by atoms with Crippen molar-refractivity contribution < 1.29 is 19.4 Å². The Kier molecular flexibility index (Phi) is 6.68. The van der Waals surface area contributed by atoms with Crippen molar-refractivity contribution >= 4 is 12.0 Å². The van der Waals surface area contributed by atoms with Gasteiger partial charge in [0, 0.05) is 13.7 Å². The molecule has 0 unspecified atom stereocenters. The lowest BCUT2D eigenvalue weighted by Crippen LogP contribution is -2.49. The Morgan fingerprint density at radius 1 is 1.33 bits per heavy atom. The molecule has 0 rings (SSSR count). The number of urea groups is 1. The molecule has 6 heteroatoms. The van der Waals surface area contributed by atoms with Crippen LogP contribution in [-0.2, 0) is 9.53 Å². The van der Waals surface area contributed by atoms with Crippen LogP contribution in [0.3, 0.4) is 0 Å². The number of aliphatic carboxylic acids is 1. The molecule has 0 aliphatic carbocycles. The summed E-state index contributed by atoms with van der Waals surface area (Å²) in [4.78, 5) is 22.5. The van der Waals surface area contributed by atoms with E-state index in [1.54, 1.807) is 7.11 Å². The van der Waals surface area contributed by atoms with Crippen molar-refractivity contribution in [3.8, 4) is 0 Å². The summed E-state index contributed by atoms with van der Waals surface area (Å²) in [6.07, 6.45) is 0.399. The molecular formula is C12H24N2O4. The number of amides is 2. The van der Waals surface area contributed by atoms with Crippen molar-refractivity contribution in [3.05, 3.63) is 0 Å². The molecule has 0 aromatic heterocycles. The van der Waals surface area contributed by atoms with Gasteiger partial charge in [0.25, 0.3) is 0 Å². The third-order valence-corrected chi connectivity index (χ3v) is 2.54. The van der Waals surface area contributed by atoms with Gasteiger partial charge in [-0.05, 0) is 26.2 Å². The van der Waals surface area contributed by atoms with Crippen LogP contribution in [0.5, 0.6) is 0 Å². The first-order valence-corrected chi connectivity index (χ1v) is 6.00. The number of carbonyl (C=O) groups is 2.